The van der Waals surface area contributed by atoms with Gasteiger partial charge in [-0.25, -0.2) is 4.40 Å². The topological polar surface area (TPSA) is 55.4 Å². The second-order valence-corrected chi connectivity index (χ2v) is 11.2. The molecule has 4 heterocycles. The van der Waals surface area contributed by atoms with Crippen LogP contribution in [0.1, 0.15) is 28.5 Å². The third-order valence-electron chi connectivity index (χ3n) is 6.48. The van der Waals surface area contributed by atoms with E-state index in [-0.39, 0.29) is 5.56 Å². The zero-order chi connectivity index (χ0) is 23.9. The lowest BCUT2D eigenvalue weighted by Crippen LogP contribution is -2.30. The molecule has 6 rings (SSSR count). The predicted octanol–water partition coefficient (Wildman–Crippen LogP) is 5.63. The molecule has 0 fully saturated rings. The van der Waals surface area contributed by atoms with Gasteiger partial charge in [-0.2, -0.15) is 0 Å². The highest BCUT2D eigenvalue weighted by atomic mass is 35.5. The summed E-state index contributed by atoms with van der Waals surface area (Å²) >= 11 is 9.39. The van der Waals surface area contributed by atoms with Crippen LogP contribution in [0.5, 0.6) is 0 Å². The number of aromatic nitrogens is 4. The summed E-state index contributed by atoms with van der Waals surface area (Å²) in [6, 6.07) is 18.4. The van der Waals surface area contributed by atoms with Gasteiger partial charge in [0, 0.05) is 41.8 Å². The van der Waals surface area contributed by atoms with Crippen LogP contribution in [0.15, 0.2) is 64.5 Å². The first-order chi connectivity index (χ1) is 17.1. The van der Waals surface area contributed by atoms with E-state index in [0.717, 1.165) is 52.2 Å². The Bertz CT molecular complexity index is 1570. The Morgan fingerprint density at radius 1 is 1.06 bits per heavy atom. The maximum atomic E-state index is 13.6. The minimum Gasteiger partial charge on any atom is -0.294 e. The van der Waals surface area contributed by atoms with Crippen molar-refractivity contribution in [3.63, 3.8) is 0 Å². The molecule has 0 radical (unpaired) electrons. The molecule has 6 nitrogen and oxygen atoms in total. The molecule has 1 aliphatic rings. The molecular weight excluding hydrogens is 498 g/mol. The number of fused-ring (bicyclic) bond motifs is 5. The van der Waals surface area contributed by atoms with Crippen molar-refractivity contribution in [3.05, 3.63) is 91.5 Å². The van der Waals surface area contributed by atoms with Gasteiger partial charge in [-0.05, 0) is 42.2 Å². The first-order valence-corrected chi connectivity index (χ1v) is 13.9. The summed E-state index contributed by atoms with van der Waals surface area (Å²) in [5.74, 6) is 1.36. The Morgan fingerprint density at radius 3 is 2.63 bits per heavy atom. The van der Waals surface area contributed by atoms with Crippen molar-refractivity contribution >= 4 is 50.7 Å². The lowest BCUT2D eigenvalue weighted by molar-refractivity contribution is 0.249. The van der Waals surface area contributed by atoms with Crippen molar-refractivity contribution in [1.29, 1.82) is 0 Å². The van der Waals surface area contributed by atoms with Gasteiger partial charge in [-0.3, -0.25) is 14.3 Å². The molecule has 0 unspecified atom stereocenters. The third kappa shape index (κ3) is 4.18. The van der Waals surface area contributed by atoms with Gasteiger partial charge in [-0.15, -0.1) is 21.5 Å². The lowest BCUT2D eigenvalue weighted by atomic mass is 10.0. The molecule has 178 valence electrons. The number of nitrogens with zero attached hydrogens (tertiary/aromatic N) is 5. The molecule has 35 heavy (non-hydrogen) atoms. The summed E-state index contributed by atoms with van der Waals surface area (Å²) in [5, 5.41) is 11.3. The quantitative estimate of drug-likeness (QED) is 0.271. The monoisotopic (exact) mass is 521 g/mol. The van der Waals surface area contributed by atoms with E-state index in [2.05, 4.69) is 49.8 Å². The summed E-state index contributed by atoms with van der Waals surface area (Å²) in [6.45, 7) is 5.26. The van der Waals surface area contributed by atoms with E-state index in [9.17, 15) is 4.79 Å². The standard InChI is InChI=1S/C26H24ClN5OS2/c1-2-31-23(33)22-20-12-13-30(14-17-6-4-3-5-7-17)15-21(20)35-24(22)32-25(31)28-29-26(32)34-16-18-8-10-19(27)11-9-18/h3-11H,2,12-16H2,1H3. The predicted molar refractivity (Wildman–Crippen MR) is 144 cm³/mol. The average molecular weight is 522 g/mol. The molecule has 3 aromatic heterocycles. The number of hydrogen-bond donors (Lipinski definition) is 0. The van der Waals surface area contributed by atoms with Gasteiger partial charge in [0.2, 0.25) is 5.78 Å². The molecule has 9 heteroatoms. The number of halogens is 1. The maximum Gasteiger partial charge on any atom is 0.263 e. The van der Waals surface area contributed by atoms with Gasteiger partial charge in [0.25, 0.3) is 5.56 Å². The largest absolute Gasteiger partial charge is 0.294 e. The summed E-state index contributed by atoms with van der Waals surface area (Å²) in [7, 11) is 0. The SMILES string of the molecule is CCn1c(=O)c2c3c(sc2n2c(SCc4ccc(Cl)cc4)nnc12)CN(Cc1ccccc1)CC3. The van der Waals surface area contributed by atoms with E-state index in [1.807, 2.05) is 31.2 Å². The lowest BCUT2D eigenvalue weighted by Gasteiger charge is -2.26. The van der Waals surface area contributed by atoms with Crippen LogP contribution in [0.25, 0.3) is 16.0 Å². The Morgan fingerprint density at radius 2 is 1.86 bits per heavy atom. The Kier molecular flexibility index (Phi) is 6.14. The Labute approximate surface area is 216 Å². The number of thioether (sulfide) groups is 1. The van der Waals surface area contributed by atoms with E-state index >= 15 is 0 Å². The summed E-state index contributed by atoms with van der Waals surface area (Å²) in [5.41, 5.74) is 3.72. The van der Waals surface area contributed by atoms with Crippen molar-refractivity contribution in [2.45, 2.75) is 43.9 Å². The number of thiophene rings is 1. The molecule has 0 saturated carbocycles. The van der Waals surface area contributed by atoms with E-state index in [4.69, 9.17) is 11.6 Å². The molecule has 5 aromatic rings. The van der Waals surface area contributed by atoms with Gasteiger partial charge in [-0.1, -0.05) is 65.8 Å². The molecule has 0 amide bonds. The van der Waals surface area contributed by atoms with Gasteiger partial charge in [0.1, 0.15) is 4.83 Å². The average Bonchev–Trinajstić information content (AvgIpc) is 3.46. The third-order valence-corrected chi connectivity index (χ3v) is 8.94. The van der Waals surface area contributed by atoms with Crippen LogP contribution in [0.4, 0.5) is 0 Å². The second kappa shape index (κ2) is 9.43. The van der Waals surface area contributed by atoms with Crippen LogP contribution < -0.4 is 5.56 Å². The second-order valence-electron chi connectivity index (χ2n) is 8.71. The molecule has 0 aliphatic carbocycles. The number of rotatable bonds is 6. The molecule has 2 aromatic carbocycles. The highest BCUT2D eigenvalue weighted by molar-refractivity contribution is 7.98. The Balaban J connectivity index is 1.40. The molecular formula is C26H24ClN5OS2. The highest BCUT2D eigenvalue weighted by Gasteiger charge is 2.27. The minimum atomic E-state index is 0.0469. The first kappa shape index (κ1) is 22.8. The van der Waals surface area contributed by atoms with Gasteiger partial charge in [0.05, 0.1) is 5.39 Å². The van der Waals surface area contributed by atoms with Crippen LogP contribution in [0, 0.1) is 0 Å². The van der Waals surface area contributed by atoms with Crippen molar-refractivity contribution < 1.29 is 0 Å². The number of benzene rings is 2. The zero-order valence-electron chi connectivity index (χ0n) is 19.3. The smallest absolute Gasteiger partial charge is 0.263 e. The zero-order valence-corrected chi connectivity index (χ0v) is 21.7. The normalized spacial score (nSPS) is 14.1. The van der Waals surface area contributed by atoms with Gasteiger partial charge in [0.15, 0.2) is 5.16 Å². The van der Waals surface area contributed by atoms with Crippen LogP contribution in [0.2, 0.25) is 5.02 Å². The fourth-order valence-electron chi connectivity index (χ4n) is 4.74. The van der Waals surface area contributed by atoms with Crippen LogP contribution in [-0.2, 0) is 31.8 Å². The molecule has 0 bridgehead atoms. The summed E-state index contributed by atoms with van der Waals surface area (Å²) in [6.07, 6.45) is 0.877. The van der Waals surface area contributed by atoms with Crippen LogP contribution in [-0.4, -0.2) is 30.6 Å². The van der Waals surface area contributed by atoms with Crippen molar-refractivity contribution in [3.8, 4) is 0 Å². The number of aryl methyl sites for hydroxylation is 1. The molecule has 0 spiro atoms. The van der Waals surface area contributed by atoms with E-state index in [0.29, 0.717) is 12.3 Å². The maximum absolute atomic E-state index is 13.6. The van der Waals surface area contributed by atoms with Crippen LogP contribution >= 0.6 is 34.7 Å². The fourth-order valence-corrected chi connectivity index (χ4v) is 7.20. The molecule has 0 N–H and O–H groups in total. The van der Waals surface area contributed by atoms with Crippen LogP contribution in [0.3, 0.4) is 0 Å². The summed E-state index contributed by atoms with van der Waals surface area (Å²) < 4.78 is 3.84. The number of hydrogen-bond acceptors (Lipinski definition) is 6. The van der Waals surface area contributed by atoms with E-state index in [1.54, 1.807) is 27.7 Å². The summed E-state index contributed by atoms with van der Waals surface area (Å²) in [4.78, 5) is 18.3. The van der Waals surface area contributed by atoms with E-state index in [1.165, 1.54) is 21.6 Å². The van der Waals surface area contributed by atoms with Crippen molar-refractivity contribution in [1.82, 2.24) is 24.1 Å². The molecule has 1 aliphatic heterocycles. The molecule has 0 saturated heterocycles. The van der Waals surface area contributed by atoms with Gasteiger partial charge < -0.3 is 0 Å². The first-order valence-electron chi connectivity index (χ1n) is 11.7. The van der Waals surface area contributed by atoms with Crippen molar-refractivity contribution in [2.75, 3.05) is 6.54 Å². The van der Waals surface area contributed by atoms with Gasteiger partial charge >= 0.3 is 0 Å². The van der Waals surface area contributed by atoms with Crippen molar-refractivity contribution in [2.24, 2.45) is 0 Å². The fraction of sp³-hybridized carbons (Fsp3) is 0.269. The Hall–Kier alpha value is -2.65. The highest BCUT2D eigenvalue weighted by Crippen LogP contribution is 2.36. The molecule has 0 atom stereocenters. The van der Waals surface area contributed by atoms with E-state index < -0.39 is 0 Å². The minimum absolute atomic E-state index is 0.0469.